The quantitative estimate of drug-likeness (QED) is 0.0367. The van der Waals surface area contributed by atoms with E-state index in [0.29, 0.717) is 22.4 Å². The molecule has 3 unspecified atom stereocenters. The Kier molecular flexibility index (Phi) is 28.4. The van der Waals surface area contributed by atoms with Crippen LogP contribution in [-0.2, 0) is 18.2 Å². The minimum Gasteiger partial charge on any atom is -0.491 e. The van der Waals surface area contributed by atoms with Gasteiger partial charge in [0, 0.05) is 130 Å². The number of pyridine rings is 6. The largest absolute Gasteiger partial charge is 0.496 e. The Morgan fingerprint density at radius 2 is 0.843 bits per heavy atom. The highest BCUT2D eigenvalue weighted by Gasteiger charge is 2.52. The maximum Gasteiger partial charge on any atom is 0.496 e. The summed E-state index contributed by atoms with van der Waals surface area (Å²) in [5.74, 6) is 4.95. The first-order valence-electron chi connectivity index (χ1n) is 37.5. The molecule has 10 heterocycles. The molecule has 4 aliphatic heterocycles. The van der Waals surface area contributed by atoms with E-state index in [0.717, 1.165) is 157 Å². The van der Waals surface area contributed by atoms with Crippen LogP contribution in [0.25, 0.3) is 55.2 Å². The molecule has 0 bridgehead atoms. The minimum atomic E-state index is -2.06. The number of hydrogen-bond donors (Lipinski definition) is 4. The van der Waals surface area contributed by atoms with E-state index in [2.05, 4.69) is 170 Å². The number of nitrogens with one attached hydrogen (secondary N) is 3. The van der Waals surface area contributed by atoms with Crippen LogP contribution in [0.4, 0.5) is 30.6 Å². The summed E-state index contributed by atoms with van der Waals surface area (Å²) in [5, 5.41) is 22.7. The van der Waals surface area contributed by atoms with Gasteiger partial charge in [-0.25, -0.2) is 43.1 Å². The van der Waals surface area contributed by atoms with E-state index in [1.54, 1.807) is 12.1 Å². The predicted molar refractivity (Wildman–Crippen MR) is 436 cm³/mol. The predicted octanol–water partition coefficient (Wildman–Crippen LogP) is 14.3. The van der Waals surface area contributed by atoms with E-state index in [-0.39, 0.29) is 48.2 Å². The summed E-state index contributed by atoms with van der Waals surface area (Å²) in [4.78, 5) is 34.5. The Morgan fingerprint density at radius 3 is 1.19 bits per heavy atom. The Balaban J connectivity index is 0.000000156. The van der Waals surface area contributed by atoms with Gasteiger partial charge in [0.1, 0.15) is 98.0 Å². The first-order valence-corrected chi connectivity index (χ1v) is 43.7. The van der Waals surface area contributed by atoms with Gasteiger partial charge in [0.25, 0.3) is 0 Å². The van der Waals surface area contributed by atoms with Gasteiger partial charge in [0.05, 0.1) is 39.1 Å². The zero-order chi connectivity index (χ0) is 77.4. The number of piperazine rings is 3. The average Bonchev–Trinajstić information content (AvgIpc) is 1.58. The van der Waals surface area contributed by atoms with E-state index in [1.807, 2.05) is 110 Å². The molecule has 4 N–H and O–H groups in total. The zero-order valence-corrected chi connectivity index (χ0v) is 68.0. The van der Waals surface area contributed by atoms with Crippen molar-refractivity contribution in [2.75, 3.05) is 133 Å². The van der Waals surface area contributed by atoms with Crippen molar-refractivity contribution >= 4 is 91.0 Å². The highest BCUT2D eigenvalue weighted by Crippen LogP contribution is 2.40. The zero-order valence-electron chi connectivity index (χ0n) is 65.2. The van der Waals surface area contributed by atoms with Gasteiger partial charge in [-0.05, 0) is 173 Å². The van der Waals surface area contributed by atoms with Gasteiger partial charge in [-0.2, -0.15) is 0 Å². The Morgan fingerprint density at radius 1 is 0.481 bits per heavy atom. The van der Waals surface area contributed by atoms with E-state index in [4.69, 9.17) is 53.9 Å². The van der Waals surface area contributed by atoms with Crippen LogP contribution in [0.2, 0.25) is 41.4 Å². The smallest absolute Gasteiger partial charge is 0.491 e. The molecule has 0 amide bonds. The summed E-state index contributed by atoms with van der Waals surface area (Å²) in [5.41, 5.74) is 6.56. The first-order chi connectivity index (χ1) is 51.4. The molecule has 13 rings (SSSR count). The molecule has 4 aliphatic rings. The molecule has 4 fully saturated rings. The number of fused-ring (bicyclic) bond motifs is 3. The van der Waals surface area contributed by atoms with Gasteiger partial charge in [-0.15, -0.1) is 0 Å². The lowest BCUT2D eigenvalue weighted by Crippen LogP contribution is -2.46. The standard InChI is InChI=1S/C27H37FN4O2Si.C21H23FN4O2.C18H25ClFNO2Si.C15H24BN3O2/c1-27(2,3)35(4,5)34-23(17-28)19-33-22-8-10-24-20(16-22)6-9-25(31-24)21-7-11-26(30-18-21)32-14-12-29-13-15-32;22-12-17(27)14-28-18-3-5-19-15(11-18)1-4-20(25-19)16-2-6-21(24-13-16)26-9-7-23-8-10-26;1-18(2,3)24(4,5)23-15(11-20)12-22-14-7-8-16-13(10-14)6-9-17(19)21-16;1-14(2)15(3,4)21-16(20-14)12-5-6-13(18-11-12)19-9-7-17-8-10-19/h6-11,16,18,23,29H,12-15,17,19H2,1-5H3;1-6,11,13,17,23,27H,7-10,12,14H2;6-10,15H,11-12H2,1-5H3;5-6,11,17H,7-10H2,1-4H3. The monoisotopic (exact) mass is 1540 g/mol. The molecule has 580 valence electrons. The Bertz CT molecular complexity index is 4330. The van der Waals surface area contributed by atoms with Gasteiger partial charge in [-0.3, -0.25) is 0 Å². The third-order valence-electron chi connectivity index (χ3n) is 21.0. The van der Waals surface area contributed by atoms with Gasteiger partial charge in [0.2, 0.25) is 0 Å². The van der Waals surface area contributed by atoms with Crippen LogP contribution in [0.3, 0.4) is 0 Å². The van der Waals surface area contributed by atoms with Gasteiger partial charge >= 0.3 is 7.12 Å². The Hall–Kier alpha value is -7.60. The number of benzene rings is 3. The number of nitrogens with zero attached hydrogens (tertiary/aromatic N) is 9. The van der Waals surface area contributed by atoms with E-state index < -0.39 is 55.0 Å². The summed E-state index contributed by atoms with van der Waals surface area (Å²) >= 11 is 5.88. The molecule has 3 atom stereocenters. The van der Waals surface area contributed by atoms with Crippen molar-refractivity contribution in [2.45, 2.75) is 135 Å². The van der Waals surface area contributed by atoms with Crippen molar-refractivity contribution in [3.05, 3.63) is 151 Å². The number of aliphatic hydroxyl groups excluding tert-OH is 1. The second-order valence-electron chi connectivity index (χ2n) is 31.7. The van der Waals surface area contributed by atoms with Crippen molar-refractivity contribution in [1.29, 1.82) is 0 Å². The van der Waals surface area contributed by atoms with Crippen LogP contribution in [-0.4, -0.2) is 207 Å². The maximum atomic E-state index is 13.7. The van der Waals surface area contributed by atoms with Gasteiger partial charge in [0.15, 0.2) is 16.6 Å². The van der Waals surface area contributed by atoms with Crippen LogP contribution in [0.15, 0.2) is 146 Å². The van der Waals surface area contributed by atoms with Crippen LogP contribution in [0.1, 0.15) is 69.2 Å². The lowest BCUT2D eigenvalue weighted by atomic mass is 9.80. The fraction of sp³-hybridized carbons (Fsp3) is 0.481. The van der Waals surface area contributed by atoms with Crippen molar-refractivity contribution in [1.82, 2.24) is 45.9 Å². The maximum absolute atomic E-state index is 13.7. The van der Waals surface area contributed by atoms with Crippen LogP contribution in [0.5, 0.6) is 17.2 Å². The number of anilines is 3. The van der Waals surface area contributed by atoms with E-state index >= 15 is 0 Å². The van der Waals surface area contributed by atoms with Crippen molar-refractivity contribution in [3.8, 4) is 39.8 Å². The number of rotatable bonds is 22. The van der Waals surface area contributed by atoms with Crippen LogP contribution < -0.4 is 50.3 Å². The Labute approximate surface area is 643 Å². The number of hydrogen-bond acceptors (Lipinski definition) is 20. The van der Waals surface area contributed by atoms with Gasteiger partial charge < -0.3 is 68.1 Å². The summed E-state index contributed by atoms with van der Waals surface area (Å²) in [7, 11) is -4.42. The topological polar surface area (TPSA) is 208 Å². The number of ether oxygens (including phenoxy) is 3. The lowest BCUT2D eigenvalue weighted by molar-refractivity contribution is 0.00578. The average molecular weight is 1540 g/mol. The molecular weight excluding hydrogens is 1430 g/mol. The number of aliphatic hydroxyl groups is 1. The molecule has 4 saturated heterocycles. The number of halogens is 4. The summed E-state index contributed by atoms with van der Waals surface area (Å²) < 4.78 is 80.8. The fourth-order valence-electron chi connectivity index (χ4n) is 11.7. The molecule has 0 aliphatic carbocycles. The SMILES string of the molecule is CC(C)(C)[Si](C)(C)OC(CF)COc1ccc2nc(-c3ccc(N4CCNCC4)nc3)ccc2c1.CC(C)(C)[Si](C)(C)OC(CF)COc1ccc2nc(Cl)ccc2c1.CC1(C)OB(c2ccc(N3CCNCC3)nc2)OC1(C)C.OC(CF)COc1ccc2nc(-c3ccc(N4CCNCC4)nc3)ccc2c1. The summed E-state index contributed by atoms with van der Waals surface area (Å²) in [6, 6.07) is 40.7. The van der Waals surface area contributed by atoms with Crippen LogP contribution >= 0.6 is 11.6 Å². The molecule has 0 spiro atoms. The van der Waals surface area contributed by atoms with Crippen molar-refractivity contribution < 1.29 is 50.6 Å². The summed E-state index contributed by atoms with van der Waals surface area (Å²) in [6.07, 6.45) is 3.41. The molecule has 27 heteroatoms. The third-order valence-corrected chi connectivity index (χ3v) is 30.3. The van der Waals surface area contributed by atoms with Crippen molar-refractivity contribution in [2.24, 2.45) is 0 Å². The molecule has 0 saturated carbocycles. The third kappa shape index (κ3) is 22.3. The highest BCUT2D eigenvalue weighted by molar-refractivity contribution is 6.74. The molecule has 9 aromatic rings. The first kappa shape index (κ1) is 82.9. The fourth-order valence-corrected chi connectivity index (χ4v) is 14.5. The van der Waals surface area contributed by atoms with E-state index in [9.17, 15) is 18.3 Å². The second kappa shape index (κ2) is 36.9. The normalized spacial score (nSPS) is 17.0. The second-order valence-corrected chi connectivity index (χ2v) is 41.6. The van der Waals surface area contributed by atoms with Crippen molar-refractivity contribution in [3.63, 3.8) is 0 Å². The molecular formula is C81H109BClF3N12O8Si2. The lowest BCUT2D eigenvalue weighted by Gasteiger charge is -2.38. The molecule has 3 aromatic carbocycles. The minimum absolute atomic E-state index is 0.0214. The molecule has 6 aromatic heterocycles. The highest BCUT2D eigenvalue weighted by atomic mass is 35.5. The van der Waals surface area contributed by atoms with Gasteiger partial charge in [-0.1, -0.05) is 71.3 Å². The molecule has 20 nitrogen and oxygen atoms in total. The van der Waals surface area contributed by atoms with Crippen LogP contribution in [0, 0.1) is 0 Å². The number of aromatic nitrogens is 6. The summed E-state index contributed by atoms with van der Waals surface area (Å²) in [6.45, 7) is 39.8. The molecule has 108 heavy (non-hydrogen) atoms. The van der Waals surface area contributed by atoms with E-state index in [1.165, 1.54) is 0 Å². The molecule has 0 radical (unpaired) electrons. The number of alkyl halides is 3.